The third kappa shape index (κ3) is 3.90. The SMILES string of the molecule is CC(C)C(=O)NC(C)(C)c1cc(Cl)cc(Cl)c1. The second-order valence-electron chi connectivity index (χ2n) is 4.93. The van der Waals surface area contributed by atoms with E-state index < -0.39 is 5.54 Å². The van der Waals surface area contributed by atoms with Crippen LogP contribution in [0.2, 0.25) is 10.0 Å². The van der Waals surface area contributed by atoms with Crippen LogP contribution in [0.15, 0.2) is 18.2 Å². The first-order valence-corrected chi connectivity index (χ1v) is 6.26. The summed E-state index contributed by atoms with van der Waals surface area (Å²) in [4.78, 5) is 11.7. The lowest BCUT2D eigenvalue weighted by molar-refractivity contribution is -0.125. The second kappa shape index (κ2) is 5.28. The molecular formula is C13H17Cl2NO. The lowest BCUT2D eigenvalue weighted by atomic mass is 9.93. The van der Waals surface area contributed by atoms with Crippen molar-refractivity contribution in [2.75, 3.05) is 0 Å². The molecule has 0 atom stereocenters. The maximum atomic E-state index is 11.7. The fourth-order valence-electron chi connectivity index (χ4n) is 1.44. The molecule has 2 nitrogen and oxygen atoms in total. The summed E-state index contributed by atoms with van der Waals surface area (Å²) in [5, 5.41) is 4.11. The average Bonchev–Trinajstić information content (AvgIpc) is 2.15. The van der Waals surface area contributed by atoms with Gasteiger partial charge in [0.25, 0.3) is 0 Å². The molecule has 0 aliphatic heterocycles. The van der Waals surface area contributed by atoms with E-state index in [1.54, 1.807) is 6.07 Å². The van der Waals surface area contributed by atoms with E-state index in [2.05, 4.69) is 5.32 Å². The molecular weight excluding hydrogens is 257 g/mol. The number of halogens is 2. The molecule has 0 fully saturated rings. The fraction of sp³-hybridized carbons (Fsp3) is 0.462. The highest BCUT2D eigenvalue weighted by Gasteiger charge is 2.24. The van der Waals surface area contributed by atoms with Gasteiger partial charge in [0.2, 0.25) is 5.91 Å². The van der Waals surface area contributed by atoms with Gasteiger partial charge in [-0.3, -0.25) is 4.79 Å². The van der Waals surface area contributed by atoms with Crippen LogP contribution in [-0.2, 0) is 10.3 Å². The third-order valence-electron chi connectivity index (χ3n) is 2.54. The molecule has 0 heterocycles. The van der Waals surface area contributed by atoms with E-state index in [0.29, 0.717) is 10.0 Å². The largest absolute Gasteiger partial charge is 0.347 e. The molecule has 1 amide bonds. The van der Waals surface area contributed by atoms with E-state index >= 15 is 0 Å². The van der Waals surface area contributed by atoms with Crippen molar-refractivity contribution in [3.8, 4) is 0 Å². The Kier molecular flexibility index (Phi) is 4.45. The van der Waals surface area contributed by atoms with Gasteiger partial charge in [0.15, 0.2) is 0 Å². The molecule has 1 N–H and O–H groups in total. The highest BCUT2D eigenvalue weighted by Crippen LogP contribution is 2.27. The van der Waals surface area contributed by atoms with Gasteiger partial charge in [-0.2, -0.15) is 0 Å². The van der Waals surface area contributed by atoms with Gasteiger partial charge in [-0.05, 0) is 37.6 Å². The standard InChI is InChI=1S/C13H17Cl2NO/c1-8(2)12(17)16-13(3,4)9-5-10(14)7-11(15)6-9/h5-8H,1-4H3,(H,16,17). The summed E-state index contributed by atoms with van der Waals surface area (Å²) in [6.45, 7) is 7.57. The Bertz CT molecular complexity index is 407. The van der Waals surface area contributed by atoms with Gasteiger partial charge >= 0.3 is 0 Å². The van der Waals surface area contributed by atoms with Gasteiger partial charge < -0.3 is 5.32 Å². The van der Waals surface area contributed by atoms with Crippen LogP contribution < -0.4 is 5.32 Å². The van der Waals surface area contributed by atoms with E-state index in [0.717, 1.165) is 5.56 Å². The number of hydrogen-bond acceptors (Lipinski definition) is 1. The lowest BCUT2D eigenvalue weighted by Crippen LogP contribution is -2.42. The van der Waals surface area contributed by atoms with E-state index in [4.69, 9.17) is 23.2 Å². The molecule has 0 aliphatic rings. The van der Waals surface area contributed by atoms with E-state index in [1.165, 1.54) is 0 Å². The molecule has 0 saturated carbocycles. The topological polar surface area (TPSA) is 29.1 Å². The Hall–Kier alpha value is -0.730. The summed E-state index contributed by atoms with van der Waals surface area (Å²) < 4.78 is 0. The third-order valence-corrected chi connectivity index (χ3v) is 2.98. The minimum absolute atomic E-state index is 0.00565. The molecule has 0 bridgehead atoms. The Morgan fingerprint density at radius 3 is 2.06 bits per heavy atom. The smallest absolute Gasteiger partial charge is 0.223 e. The van der Waals surface area contributed by atoms with Crippen molar-refractivity contribution in [1.29, 1.82) is 0 Å². The zero-order chi connectivity index (χ0) is 13.2. The summed E-state index contributed by atoms with van der Waals surface area (Å²) in [5.74, 6) is -0.0463. The Morgan fingerprint density at radius 2 is 1.65 bits per heavy atom. The lowest BCUT2D eigenvalue weighted by Gasteiger charge is -2.28. The van der Waals surface area contributed by atoms with Crippen molar-refractivity contribution in [3.05, 3.63) is 33.8 Å². The van der Waals surface area contributed by atoms with Crippen molar-refractivity contribution < 1.29 is 4.79 Å². The minimum atomic E-state index is -0.490. The molecule has 0 spiro atoms. The maximum absolute atomic E-state index is 11.7. The number of amides is 1. The van der Waals surface area contributed by atoms with Crippen LogP contribution in [0, 0.1) is 5.92 Å². The summed E-state index contributed by atoms with van der Waals surface area (Å²) >= 11 is 11.9. The molecule has 1 rings (SSSR count). The zero-order valence-corrected chi connectivity index (χ0v) is 12.0. The number of rotatable bonds is 3. The number of nitrogens with one attached hydrogen (secondary N) is 1. The molecule has 4 heteroatoms. The van der Waals surface area contributed by atoms with Gasteiger partial charge in [-0.15, -0.1) is 0 Å². The van der Waals surface area contributed by atoms with E-state index in [9.17, 15) is 4.79 Å². The van der Waals surface area contributed by atoms with Crippen molar-refractivity contribution in [1.82, 2.24) is 5.32 Å². The van der Waals surface area contributed by atoms with Crippen LogP contribution in [0.4, 0.5) is 0 Å². The summed E-state index contributed by atoms with van der Waals surface area (Å²) in [6, 6.07) is 5.30. The Balaban J connectivity index is 3.00. The van der Waals surface area contributed by atoms with Crippen LogP contribution in [-0.4, -0.2) is 5.91 Å². The van der Waals surface area contributed by atoms with Gasteiger partial charge in [0, 0.05) is 16.0 Å². The zero-order valence-electron chi connectivity index (χ0n) is 10.5. The van der Waals surface area contributed by atoms with E-state index in [-0.39, 0.29) is 11.8 Å². The summed E-state index contributed by atoms with van der Waals surface area (Å²) in [6.07, 6.45) is 0. The molecule has 0 unspecified atom stereocenters. The van der Waals surface area contributed by atoms with Crippen molar-refractivity contribution in [2.45, 2.75) is 33.2 Å². The van der Waals surface area contributed by atoms with E-state index in [1.807, 2.05) is 39.8 Å². The average molecular weight is 274 g/mol. The van der Waals surface area contributed by atoms with Crippen molar-refractivity contribution in [3.63, 3.8) is 0 Å². The predicted octanol–water partition coefficient (Wildman–Crippen LogP) is 4.00. The molecule has 94 valence electrons. The van der Waals surface area contributed by atoms with Crippen LogP contribution >= 0.6 is 23.2 Å². The van der Waals surface area contributed by atoms with Crippen molar-refractivity contribution in [2.24, 2.45) is 5.92 Å². The second-order valence-corrected chi connectivity index (χ2v) is 5.80. The van der Waals surface area contributed by atoms with Gasteiger partial charge in [0.05, 0.1) is 5.54 Å². The molecule has 1 aromatic carbocycles. The number of hydrogen-bond donors (Lipinski definition) is 1. The van der Waals surface area contributed by atoms with Crippen LogP contribution in [0.5, 0.6) is 0 Å². The monoisotopic (exact) mass is 273 g/mol. The first-order valence-electron chi connectivity index (χ1n) is 5.51. The highest BCUT2D eigenvalue weighted by atomic mass is 35.5. The highest BCUT2D eigenvalue weighted by molar-refractivity contribution is 6.34. The van der Waals surface area contributed by atoms with Crippen LogP contribution in [0.3, 0.4) is 0 Å². The maximum Gasteiger partial charge on any atom is 0.223 e. The van der Waals surface area contributed by atoms with Crippen molar-refractivity contribution >= 4 is 29.1 Å². The Morgan fingerprint density at radius 1 is 1.18 bits per heavy atom. The molecule has 0 aliphatic carbocycles. The predicted molar refractivity (Wildman–Crippen MR) is 72.5 cm³/mol. The first kappa shape index (κ1) is 14.3. The molecule has 0 radical (unpaired) electrons. The fourth-order valence-corrected chi connectivity index (χ4v) is 1.97. The first-order chi connectivity index (χ1) is 7.72. The van der Waals surface area contributed by atoms with Gasteiger partial charge in [0.1, 0.15) is 0 Å². The Labute approximate surface area is 112 Å². The quantitative estimate of drug-likeness (QED) is 0.886. The normalized spacial score (nSPS) is 11.7. The minimum Gasteiger partial charge on any atom is -0.347 e. The molecule has 1 aromatic rings. The van der Waals surface area contributed by atoms with Crippen LogP contribution in [0.25, 0.3) is 0 Å². The molecule has 0 aromatic heterocycles. The molecule has 17 heavy (non-hydrogen) atoms. The number of benzene rings is 1. The summed E-state index contributed by atoms with van der Waals surface area (Å²) in [7, 11) is 0. The van der Waals surface area contributed by atoms with Gasteiger partial charge in [-0.25, -0.2) is 0 Å². The summed E-state index contributed by atoms with van der Waals surface area (Å²) in [5.41, 5.74) is 0.402. The number of carbonyl (C=O) groups excluding carboxylic acids is 1. The van der Waals surface area contributed by atoms with Crippen LogP contribution in [0.1, 0.15) is 33.3 Å². The molecule has 0 saturated heterocycles. The number of carbonyl (C=O) groups is 1. The van der Waals surface area contributed by atoms with Gasteiger partial charge in [-0.1, -0.05) is 37.0 Å².